The summed E-state index contributed by atoms with van der Waals surface area (Å²) < 4.78 is 0. The maximum atomic E-state index is 12.7. The van der Waals surface area contributed by atoms with Gasteiger partial charge < -0.3 is 10.2 Å². The van der Waals surface area contributed by atoms with Gasteiger partial charge in [-0.3, -0.25) is 19.3 Å². The minimum absolute atomic E-state index is 0.156. The smallest absolute Gasteiger partial charge is 0.251 e. The molecule has 1 N–H and O–H groups in total. The van der Waals surface area contributed by atoms with Crippen LogP contribution < -0.4 is 10.2 Å². The Kier molecular flexibility index (Phi) is 4.64. The van der Waals surface area contributed by atoms with E-state index in [0.29, 0.717) is 11.4 Å². The number of nitrogens with one attached hydrogen (secondary N) is 1. The van der Waals surface area contributed by atoms with Crippen LogP contribution in [0.15, 0.2) is 24.3 Å². The first-order chi connectivity index (χ1) is 11.5. The topological polar surface area (TPSA) is 73.0 Å². The van der Waals surface area contributed by atoms with Crippen molar-refractivity contribution in [2.45, 2.75) is 19.4 Å². The molecular weight excluding hydrogens is 308 g/mol. The van der Waals surface area contributed by atoms with E-state index in [4.69, 9.17) is 0 Å². The molecule has 2 aliphatic heterocycles. The quantitative estimate of drug-likeness (QED) is 0.818. The van der Waals surface area contributed by atoms with Gasteiger partial charge in [0.25, 0.3) is 5.91 Å². The maximum Gasteiger partial charge on any atom is 0.251 e. The zero-order valence-electron chi connectivity index (χ0n) is 14.0. The van der Waals surface area contributed by atoms with E-state index in [1.807, 2.05) is 0 Å². The molecule has 128 valence electrons. The van der Waals surface area contributed by atoms with Gasteiger partial charge in [-0.2, -0.15) is 0 Å². The molecule has 0 spiro atoms. The maximum absolute atomic E-state index is 12.7. The molecule has 1 aromatic carbocycles. The van der Waals surface area contributed by atoms with Crippen molar-refractivity contribution in [3.63, 3.8) is 0 Å². The summed E-state index contributed by atoms with van der Waals surface area (Å²) in [6.45, 7) is 4.85. The van der Waals surface area contributed by atoms with Crippen LogP contribution in [0.2, 0.25) is 0 Å². The number of amides is 3. The van der Waals surface area contributed by atoms with Gasteiger partial charge in [-0.15, -0.1) is 0 Å². The number of anilines is 2. The summed E-state index contributed by atoms with van der Waals surface area (Å²) in [4.78, 5) is 41.8. The minimum atomic E-state index is -0.360. The van der Waals surface area contributed by atoms with Gasteiger partial charge >= 0.3 is 0 Å². The van der Waals surface area contributed by atoms with Crippen molar-refractivity contribution in [3.05, 3.63) is 24.3 Å². The summed E-state index contributed by atoms with van der Waals surface area (Å²) in [7, 11) is 2.06. The fourth-order valence-corrected chi connectivity index (χ4v) is 3.20. The van der Waals surface area contributed by atoms with E-state index in [-0.39, 0.29) is 30.2 Å². The highest BCUT2D eigenvalue weighted by Crippen LogP contribution is 2.27. The summed E-state index contributed by atoms with van der Waals surface area (Å²) in [5, 5.41) is 2.67. The standard InChI is InChI=1S/C17H22N4O3/c1-12(22)18-13-3-5-14(6-4-13)21-16(23)11-15(17(21)24)20-9-7-19(2)8-10-20/h3-6,15H,7-11H2,1-2H3,(H,18,22)/t15-/m1/s1. The second-order valence-corrected chi connectivity index (χ2v) is 6.35. The van der Waals surface area contributed by atoms with Gasteiger partial charge in [-0.25, -0.2) is 4.90 Å². The lowest BCUT2D eigenvalue weighted by atomic mass is 10.2. The van der Waals surface area contributed by atoms with Crippen molar-refractivity contribution in [1.29, 1.82) is 0 Å². The van der Waals surface area contributed by atoms with Crippen LogP contribution >= 0.6 is 0 Å². The van der Waals surface area contributed by atoms with Crippen LogP contribution in [0.5, 0.6) is 0 Å². The van der Waals surface area contributed by atoms with Gasteiger partial charge in [0, 0.05) is 38.8 Å². The van der Waals surface area contributed by atoms with E-state index in [1.54, 1.807) is 24.3 Å². The number of nitrogens with zero attached hydrogens (tertiary/aromatic N) is 3. The van der Waals surface area contributed by atoms with Crippen molar-refractivity contribution < 1.29 is 14.4 Å². The number of imide groups is 1. The van der Waals surface area contributed by atoms with E-state index >= 15 is 0 Å². The molecule has 3 amide bonds. The Bertz CT molecular complexity index is 650. The Balaban J connectivity index is 1.73. The molecule has 0 aliphatic carbocycles. The van der Waals surface area contributed by atoms with Crippen LogP contribution in [0.4, 0.5) is 11.4 Å². The summed E-state index contributed by atoms with van der Waals surface area (Å²) in [5.41, 5.74) is 1.19. The number of carbonyl (C=O) groups is 3. The molecule has 0 aromatic heterocycles. The number of benzene rings is 1. The van der Waals surface area contributed by atoms with Crippen molar-refractivity contribution in [2.75, 3.05) is 43.4 Å². The third-order valence-corrected chi connectivity index (χ3v) is 4.55. The van der Waals surface area contributed by atoms with Crippen LogP contribution in [-0.4, -0.2) is 66.8 Å². The normalized spacial score (nSPS) is 22.9. The SMILES string of the molecule is CC(=O)Nc1ccc(N2C(=O)C[C@@H](N3CCN(C)CC3)C2=O)cc1. The lowest BCUT2D eigenvalue weighted by Gasteiger charge is -2.35. The summed E-state index contributed by atoms with van der Waals surface area (Å²) in [6, 6.07) is 6.41. The summed E-state index contributed by atoms with van der Waals surface area (Å²) in [5.74, 6) is -0.487. The predicted molar refractivity (Wildman–Crippen MR) is 90.7 cm³/mol. The number of piperazine rings is 1. The molecule has 0 saturated carbocycles. The van der Waals surface area contributed by atoms with Crippen molar-refractivity contribution >= 4 is 29.1 Å². The minimum Gasteiger partial charge on any atom is -0.326 e. The number of hydrogen-bond acceptors (Lipinski definition) is 5. The van der Waals surface area contributed by atoms with Crippen molar-refractivity contribution in [2.24, 2.45) is 0 Å². The zero-order valence-corrected chi connectivity index (χ0v) is 14.0. The van der Waals surface area contributed by atoms with Gasteiger partial charge in [-0.05, 0) is 31.3 Å². The Hall–Kier alpha value is -2.25. The predicted octanol–water partition coefficient (Wildman–Crippen LogP) is 0.524. The Morgan fingerprint density at radius 3 is 2.29 bits per heavy atom. The third kappa shape index (κ3) is 3.32. The summed E-state index contributed by atoms with van der Waals surface area (Å²) >= 11 is 0. The van der Waals surface area contributed by atoms with Crippen LogP contribution in [0.25, 0.3) is 0 Å². The van der Waals surface area contributed by atoms with E-state index in [0.717, 1.165) is 26.2 Å². The highest BCUT2D eigenvalue weighted by molar-refractivity contribution is 6.22. The highest BCUT2D eigenvalue weighted by Gasteiger charge is 2.43. The van der Waals surface area contributed by atoms with Crippen molar-refractivity contribution in [3.8, 4) is 0 Å². The number of hydrogen-bond donors (Lipinski definition) is 1. The largest absolute Gasteiger partial charge is 0.326 e. The lowest BCUT2D eigenvalue weighted by Crippen LogP contribution is -2.51. The van der Waals surface area contributed by atoms with Crippen LogP contribution in [0.1, 0.15) is 13.3 Å². The number of carbonyl (C=O) groups excluding carboxylic acids is 3. The van der Waals surface area contributed by atoms with Gasteiger partial charge in [0.05, 0.1) is 18.2 Å². The van der Waals surface area contributed by atoms with E-state index in [1.165, 1.54) is 11.8 Å². The zero-order chi connectivity index (χ0) is 17.3. The number of rotatable bonds is 3. The molecule has 2 aliphatic rings. The van der Waals surface area contributed by atoms with E-state index in [2.05, 4.69) is 22.2 Å². The molecule has 3 rings (SSSR count). The molecule has 2 saturated heterocycles. The molecule has 0 bridgehead atoms. The van der Waals surface area contributed by atoms with Gasteiger partial charge in [-0.1, -0.05) is 0 Å². The number of likely N-dealkylation sites (N-methyl/N-ethyl adjacent to an activating group) is 1. The molecular formula is C17H22N4O3. The molecule has 1 atom stereocenters. The Morgan fingerprint density at radius 2 is 1.71 bits per heavy atom. The van der Waals surface area contributed by atoms with Crippen LogP contribution in [0.3, 0.4) is 0 Å². The highest BCUT2D eigenvalue weighted by atomic mass is 16.2. The molecule has 7 heteroatoms. The first-order valence-electron chi connectivity index (χ1n) is 8.13. The molecule has 0 radical (unpaired) electrons. The Morgan fingerprint density at radius 1 is 1.08 bits per heavy atom. The van der Waals surface area contributed by atoms with Crippen molar-refractivity contribution in [1.82, 2.24) is 9.80 Å². The third-order valence-electron chi connectivity index (χ3n) is 4.55. The summed E-state index contributed by atoms with van der Waals surface area (Å²) in [6.07, 6.45) is 0.232. The molecule has 2 heterocycles. The Labute approximate surface area is 141 Å². The molecule has 0 unspecified atom stereocenters. The van der Waals surface area contributed by atoms with Gasteiger partial charge in [0.1, 0.15) is 0 Å². The molecule has 2 fully saturated rings. The second-order valence-electron chi connectivity index (χ2n) is 6.35. The monoisotopic (exact) mass is 330 g/mol. The average molecular weight is 330 g/mol. The first-order valence-corrected chi connectivity index (χ1v) is 8.13. The fourth-order valence-electron chi connectivity index (χ4n) is 3.20. The van der Waals surface area contributed by atoms with Gasteiger partial charge in [0.2, 0.25) is 11.8 Å². The first kappa shape index (κ1) is 16.6. The lowest BCUT2D eigenvalue weighted by molar-refractivity contribution is -0.123. The van der Waals surface area contributed by atoms with Crippen LogP contribution in [0, 0.1) is 0 Å². The van der Waals surface area contributed by atoms with E-state index < -0.39 is 0 Å². The fraction of sp³-hybridized carbons (Fsp3) is 0.471. The average Bonchev–Trinajstić information content (AvgIpc) is 2.83. The molecule has 7 nitrogen and oxygen atoms in total. The second kappa shape index (κ2) is 6.70. The van der Waals surface area contributed by atoms with E-state index in [9.17, 15) is 14.4 Å². The molecule has 24 heavy (non-hydrogen) atoms. The van der Waals surface area contributed by atoms with Gasteiger partial charge in [0.15, 0.2) is 0 Å². The molecule has 1 aromatic rings. The van der Waals surface area contributed by atoms with Crippen LogP contribution in [-0.2, 0) is 14.4 Å².